The maximum atomic E-state index is 10.9. The third-order valence-corrected chi connectivity index (χ3v) is 6.68. The van der Waals surface area contributed by atoms with Gasteiger partial charge in [0.15, 0.2) is 11.5 Å². The predicted octanol–water partition coefficient (Wildman–Crippen LogP) is 5.65. The smallest absolute Gasteiger partial charge is 0.307 e. The Morgan fingerprint density at radius 2 is 1.65 bits per heavy atom. The van der Waals surface area contributed by atoms with E-state index in [9.17, 15) is 4.79 Å². The molecular weight excluding hydrogens is 426 g/mol. The van der Waals surface area contributed by atoms with E-state index in [0.717, 1.165) is 61.4 Å². The van der Waals surface area contributed by atoms with E-state index < -0.39 is 5.97 Å². The van der Waals surface area contributed by atoms with Crippen LogP contribution in [0.1, 0.15) is 46.6 Å². The Balaban J connectivity index is 1.45. The van der Waals surface area contributed by atoms with Crippen LogP contribution in [-0.2, 0) is 30.5 Å². The SMILES string of the molecule is COc1cc(NCCCc2ccc(CC(=O)O)cc2)c([C@@H]2CCc3ccccc3C2)cc1OC. The first-order valence-electron chi connectivity index (χ1n) is 11.9. The molecule has 0 heterocycles. The Labute approximate surface area is 201 Å². The van der Waals surface area contributed by atoms with Crippen LogP contribution in [0.3, 0.4) is 0 Å². The normalized spacial score (nSPS) is 14.8. The van der Waals surface area contributed by atoms with E-state index in [1.54, 1.807) is 14.2 Å². The van der Waals surface area contributed by atoms with E-state index in [1.807, 2.05) is 24.3 Å². The van der Waals surface area contributed by atoms with Crippen LogP contribution in [0.5, 0.6) is 11.5 Å². The maximum Gasteiger partial charge on any atom is 0.307 e. The van der Waals surface area contributed by atoms with Gasteiger partial charge in [-0.1, -0.05) is 48.5 Å². The Morgan fingerprint density at radius 3 is 2.35 bits per heavy atom. The average Bonchev–Trinajstić information content (AvgIpc) is 2.86. The largest absolute Gasteiger partial charge is 0.493 e. The second-order valence-corrected chi connectivity index (χ2v) is 8.92. The van der Waals surface area contributed by atoms with Gasteiger partial charge in [0.25, 0.3) is 0 Å². The Hall–Kier alpha value is -3.47. The number of aliphatic carboxylic acids is 1. The van der Waals surface area contributed by atoms with Crippen LogP contribution in [0.2, 0.25) is 0 Å². The summed E-state index contributed by atoms with van der Waals surface area (Å²) >= 11 is 0. The number of aryl methyl sites for hydroxylation is 2. The highest BCUT2D eigenvalue weighted by Crippen LogP contribution is 2.41. The van der Waals surface area contributed by atoms with Gasteiger partial charge in [-0.05, 0) is 71.9 Å². The zero-order chi connectivity index (χ0) is 23.9. The molecule has 5 nitrogen and oxygen atoms in total. The van der Waals surface area contributed by atoms with Crippen LogP contribution in [0, 0.1) is 0 Å². The number of rotatable bonds is 10. The molecule has 0 aliphatic heterocycles. The number of methoxy groups -OCH3 is 2. The lowest BCUT2D eigenvalue weighted by molar-refractivity contribution is -0.136. The summed E-state index contributed by atoms with van der Waals surface area (Å²) in [5, 5.41) is 12.6. The minimum absolute atomic E-state index is 0.0650. The number of hydrogen-bond acceptors (Lipinski definition) is 4. The number of carbonyl (C=O) groups is 1. The van der Waals surface area contributed by atoms with Gasteiger partial charge in [0, 0.05) is 18.3 Å². The first-order chi connectivity index (χ1) is 16.6. The molecule has 1 aliphatic rings. The summed E-state index contributed by atoms with van der Waals surface area (Å²) in [6.45, 7) is 0.836. The van der Waals surface area contributed by atoms with Crippen molar-refractivity contribution in [1.29, 1.82) is 0 Å². The van der Waals surface area contributed by atoms with Crippen molar-refractivity contribution in [2.45, 2.75) is 44.4 Å². The van der Waals surface area contributed by atoms with Crippen LogP contribution in [0.4, 0.5) is 5.69 Å². The maximum absolute atomic E-state index is 10.9. The summed E-state index contributed by atoms with van der Waals surface area (Å²) < 4.78 is 11.2. The van der Waals surface area contributed by atoms with Gasteiger partial charge in [0.1, 0.15) is 0 Å². The zero-order valence-corrected chi connectivity index (χ0v) is 20.0. The molecular formula is C29H33NO4. The summed E-state index contributed by atoms with van der Waals surface area (Å²) in [7, 11) is 3.36. The second-order valence-electron chi connectivity index (χ2n) is 8.92. The number of carboxylic acids is 1. The number of benzene rings is 3. The van der Waals surface area contributed by atoms with E-state index >= 15 is 0 Å². The monoisotopic (exact) mass is 459 g/mol. The highest BCUT2D eigenvalue weighted by atomic mass is 16.5. The molecule has 0 spiro atoms. The van der Waals surface area contributed by atoms with Gasteiger partial charge in [-0.25, -0.2) is 0 Å². The summed E-state index contributed by atoms with van der Waals surface area (Å²) in [5.74, 6) is 1.13. The molecule has 1 aliphatic carbocycles. The van der Waals surface area contributed by atoms with E-state index in [4.69, 9.17) is 14.6 Å². The van der Waals surface area contributed by atoms with Gasteiger partial charge in [-0.3, -0.25) is 4.79 Å². The van der Waals surface area contributed by atoms with Gasteiger partial charge >= 0.3 is 5.97 Å². The molecule has 0 unspecified atom stereocenters. The summed E-state index contributed by atoms with van der Waals surface area (Å²) in [4.78, 5) is 10.9. The van der Waals surface area contributed by atoms with Gasteiger partial charge < -0.3 is 19.9 Å². The van der Waals surface area contributed by atoms with E-state index in [-0.39, 0.29) is 6.42 Å². The minimum atomic E-state index is -0.802. The molecule has 5 heteroatoms. The highest BCUT2D eigenvalue weighted by molar-refractivity contribution is 5.70. The van der Waals surface area contributed by atoms with Crippen molar-refractivity contribution < 1.29 is 19.4 Å². The molecule has 0 amide bonds. The third kappa shape index (κ3) is 5.71. The van der Waals surface area contributed by atoms with Crippen molar-refractivity contribution in [3.05, 3.63) is 88.5 Å². The first-order valence-corrected chi connectivity index (χ1v) is 11.9. The first kappa shape index (κ1) is 23.7. The molecule has 4 rings (SSSR count). The molecule has 3 aromatic rings. The van der Waals surface area contributed by atoms with Crippen molar-refractivity contribution in [2.75, 3.05) is 26.1 Å². The van der Waals surface area contributed by atoms with Crippen LogP contribution >= 0.6 is 0 Å². The van der Waals surface area contributed by atoms with Gasteiger partial charge in [-0.15, -0.1) is 0 Å². The van der Waals surface area contributed by atoms with Crippen LogP contribution in [-0.4, -0.2) is 31.8 Å². The molecule has 0 fully saturated rings. The van der Waals surface area contributed by atoms with Crippen molar-refractivity contribution in [1.82, 2.24) is 0 Å². The topological polar surface area (TPSA) is 67.8 Å². The third-order valence-electron chi connectivity index (χ3n) is 6.68. The Morgan fingerprint density at radius 1 is 0.971 bits per heavy atom. The van der Waals surface area contributed by atoms with Crippen molar-refractivity contribution in [2.24, 2.45) is 0 Å². The second kappa shape index (κ2) is 11.1. The van der Waals surface area contributed by atoms with Crippen molar-refractivity contribution >= 4 is 11.7 Å². The highest BCUT2D eigenvalue weighted by Gasteiger charge is 2.24. The van der Waals surface area contributed by atoms with Crippen LogP contribution in [0.25, 0.3) is 0 Å². The predicted molar refractivity (Wildman–Crippen MR) is 135 cm³/mol. The molecule has 0 radical (unpaired) electrons. The lowest BCUT2D eigenvalue weighted by Gasteiger charge is -2.28. The standard InChI is InChI=1S/C29H33NO4/c1-33-27-18-25(24-14-13-22-7-3-4-8-23(22)17-24)26(19-28(27)34-2)30-15-5-6-20-9-11-21(12-10-20)16-29(31)32/h3-4,7-12,18-19,24,30H,5-6,13-17H2,1-2H3,(H,31,32)/t24-/m1/s1. The van der Waals surface area contributed by atoms with Crippen LogP contribution < -0.4 is 14.8 Å². The fourth-order valence-corrected chi connectivity index (χ4v) is 4.86. The van der Waals surface area contributed by atoms with Gasteiger partial charge in [-0.2, -0.15) is 0 Å². The summed E-state index contributed by atoms with van der Waals surface area (Å²) in [5.41, 5.74) is 7.34. The van der Waals surface area contributed by atoms with Crippen molar-refractivity contribution in [3.63, 3.8) is 0 Å². The fourth-order valence-electron chi connectivity index (χ4n) is 4.86. The molecule has 0 bridgehead atoms. The molecule has 1 atom stereocenters. The number of anilines is 1. The molecule has 34 heavy (non-hydrogen) atoms. The lowest BCUT2D eigenvalue weighted by atomic mass is 9.79. The van der Waals surface area contributed by atoms with Crippen LogP contribution in [0.15, 0.2) is 60.7 Å². The minimum Gasteiger partial charge on any atom is -0.493 e. The molecule has 2 N–H and O–H groups in total. The Kier molecular flexibility index (Phi) is 7.73. The molecule has 178 valence electrons. The van der Waals surface area contributed by atoms with Gasteiger partial charge in [0.2, 0.25) is 0 Å². The fraction of sp³-hybridized carbons (Fsp3) is 0.345. The molecule has 0 aromatic heterocycles. The van der Waals surface area contributed by atoms with E-state index in [0.29, 0.717) is 5.92 Å². The lowest BCUT2D eigenvalue weighted by Crippen LogP contribution is -2.15. The number of hydrogen-bond donors (Lipinski definition) is 2. The zero-order valence-electron chi connectivity index (χ0n) is 20.0. The van der Waals surface area contributed by atoms with Gasteiger partial charge in [0.05, 0.1) is 20.6 Å². The Bertz CT molecular complexity index is 1120. The van der Waals surface area contributed by atoms with Crippen molar-refractivity contribution in [3.8, 4) is 11.5 Å². The van der Waals surface area contributed by atoms with E-state index in [2.05, 4.69) is 41.7 Å². The average molecular weight is 460 g/mol. The number of carboxylic acid groups (broad SMARTS) is 1. The quantitative estimate of drug-likeness (QED) is 0.384. The van der Waals surface area contributed by atoms with E-state index in [1.165, 1.54) is 22.3 Å². The molecule has 0 saturated carbocycles. The number of fused-ring (bicyclic) bond motifs is 1. The molecule has 3 aromatic carbocycles. The number of nitrogens with one attached hydrogen (secondary N) is 1. The summed E-state index contributed by atoms with van der Waals surface area (Å²) in [6, 6.07) is 20.8. The number of ether oxygens (including phenoxy) is 2. The summed E-state index contributed by atoms with van der Waals surface area (Å²) in [6.07, 6.45) is 5.20. The molecule has 0 saturated heterocycles.